The average molecular weight is 326 g/mol. The predicted octanol–water partition coefficient (Wildman–Crippen LogP) is 1.36. The molecule has 1 aromatic heterocycles. The molecule has 7 heteroatoms. The van der Waals surface area contributed by atoms with E-state index < -0.39 is 10.8 Å². The number of nitrogens with one attached hydrogen (secondary N) is 1. The van der Waals surface area contributed by atoms with Gasteiger partial charge in [0.05, 0.1) is 12.3 Å². The van der Waals surface area contributed by atoms with Crippen molar-refractivity contribution in [2.75, 3.05) is 43.6 Å². The van der Waals surface area contributed by atoms with Crippen LogP contribution >= 0.6 is 0 Å². The van der Waals surface area contributed by atoms with Gasteiger partial charge in [0, 0.05) is 54.6 Å². The van der Waals surface area contributed by atoms with Crippen molar-refractivity contribution in [1.29, 1.82) is 0 Å². The van der Waals surface area contributed by atoms with Gasteiger partial charge >= 0.3 is 0 Å². The Balaban J connectivity index is 2.06. The molecule has 1 saturated heterocycles. The summed E-state index contributed by atoms with van der Waals surface area (Å²) in [5.41, 5.74) is 0.915. The third-order valence-electron chi connectivity index (χ3n) is 3.71. The summed E-state index contributed by atoms with van der Waals surface area (Å²) in [6.45, 7) is 9.47. The average Bonchev–Trinajstić information content (AvgIpc) is 2.46. The summed E-state index contributed by atoms with van der Waals surface area (Å²) in [7, 11) is -0.802. The number of aromatic nitrogens is 2. The van der Waals surface area contributed by atoms with Gasteiger partial charge in [-0.25, -0.2) is 9.97 Å². The number of morpholine rings is 1. The Kier molecular flexibility index (Phi) is 6.28. The van der Waals surface area contributed by atoms with E-state index in [1.165, 1.54) is 0 Å². The Morgan fingerprint density at radius 3 is 2.95 bits per heavy atom. The van der Waals surface area contributed by atoms with Gasteiger partial charge in [0.15, 0.2) is 0 Å². The van der Waals surface area contributed by atoms with E-state index in [2.05, 4.69) is 34.0 Å². The van der Waals surface area contributed by atoms with E-state index in [4.69, 9.17) is 4.74 Å². The SMILES string of the molecule is Cc1nc(NCC[S@](C)=O)cc([C@@H]2CN(C(C)C)CCO2)n1. The van der Waals surface area contributed by atoms with Gasteiger partial charge in [-0.15, -0.1) is 0 Å². The number of hydrogen-bond donors (Lipinski definition) is 1. The fourth-order valence-corrected chi connectivity index (χ4v) is 2.88. The van der Waals surface area contributed by atoms with Crippen molar-refractivity contribution in [3.05, 3.63) is 17.6 Å². The van der Waals surface area contributed by atoms with E-state index in [0.29, 0.717) is 18.3 Å². The van der Waals surface area contributed by atoms with Gasteiger partial charge in [0.25, 0.3) is 0 Å². The summed E-state index contributed by atoms with van der Waals surface area (Å²) >= 11 is 0. The molecule has 0 spiro atoms. The molecule has 2 rings (SSSR count). The zero-order valence-electron chi connectivity index (χ0n) is 13.8. The van der Waals surface area contributed by atoms with E-state index in [0.717, 1.165) is 37.0 Å². The smallest absolute Gasteiger partial charge is 0.130 e. The van der Waals surface area contributed by atoms with Crippen LogP contribution in [0.3, 0.4) is 0 Å². The lowest BCUT2D eigenvalue weighted by Crippen LogP contribution is -2.42. The fraction of sp³-hybridized carbons (Fsp3) is 0.733. The first kappa shape index (κ1) is 17.3. The lowest BCUT2D eigenvalue weighted by molar-refractivity contribution is -0.0422. The molecule has 0 aromatic carbocycles. The number of ether oxygens (including phenoxy) is 1. The largest absolute Gasteiger partial charge is 0.369 e. The van der Waals surface area contributed by atoms with Gasteiger partial charge in [-0.05, 0) is 20.8 Å². The Labute approximate surface area is 135 Å². The molecule has 0 amide bonds. The molecule has 0 unspecified atom stereocenters. The number of nitrogens with zero attached hydrogens (tertiary/aromatic N) is 3. The van der Waals surface area contributed by atoms with E-state index in [-0.39, 0.29) is 6.10 Å². The second kappa shape index (κ2) is 7.99. The minimum absolute atomic E-state index is 0.0151. The van der Waals surface area contributed by atoms with Crippen molar-refractivity contribution in [3.63, 3.8) is 0 Å². The summed E-state index contributed by atoms with van der Waals surface area (Å²) in [4.78, 5) is 11.3. The molecule has 0 radical (unpaired) electrons. The van der Waals surface area contributed by atoms with E-state index >= 15 is 0 Å². The van der Waals surface area contributed by atoms with Gasteiger partial charge < -0.3 is 10.1 Å². The van der Waals surface area contributed by atoms with E-state index in [1.54, 1.807) is 6.26 Å². The molecule has 124 valence electrons. The normalized spacial score (nSPS) is 21.0. The second-order valence-electron chi connectivity index (χ2n) is 5.88. The first-order valence-corrected chi connectivity index (χ1v) is 9.43. The lowest BCUT2D eigenvalue weighted by atomic mass is 10.1. The van der Waals surface area contributed by atoms with E-state index in [1.807, 2.05) is 13.0 Å². The van der Waals surface area contributed by atoms with Gasteiger partial charge in [-0.1, -0.05) is 0 Å². The third-order valence-corrected chi connectivity index (χ3v) is 4.49. The number of anilines is 1. The highest BCUT2D eigenvalue weighted by atomic mass is 32.2. The fourth-order valence-electron chi connectivity index (χ4n) is 2.49. The maximum atomic E-state index is 11.1. The molecule has 1 fully saturated rings. The summed E-state index contributed by atoms with van der Waals surface area (Å²) < 4.78 is 17.0. The van der Waals surface area contributed by atoms with Crippen molar-refractivity contribution in [2.24, 2.45) is 0 Å². The van der Waals surface area contributed by atoms with Crippen LogP contribution < -0.4 is 5.32 Å². The zero-order valence-corrected chi connectivity index (χ0v) is 14.7. The Morgan fingerprint density at radius 2 is 2.27 bits per heavy atom. The monoisotopic (exact) mass is 326 g/mol. The van der Waals surface area contributed by atoms with Crippen molar-refractivity contribution < 1.29 is 8.95 Å². The third kappa shape index (κ3) is 5.00. The number of rotatable bonds is 6. The maximum Gasteiger partial charge on any atom is 0.130 e. The predicted molar refractivity (Wildman–Crippen MR) is 89.6 cm³/mol. The summed E-state index contributed by atoms with van der Waals surface area (Å²) in [6.07, 6.45) is 1.69. The van der Waals surface area contributed by atoms with Crippen molar-refractivity contribution in [1.82, 2.24) is 14.9 Å². The van der Waals surface area contributed by atoms with Crippen LogP contribution in [0.1, 0.15) is 31.5 Å². The van der Waals surface area contributed by atoms with Crippen LogP contribution in [0.2, 0.25) is 0 Å². The highest BCUT2D eigenvalue weighted by Crippen LogP contribution is 2.23. The molecule has 6 nitrogen and oxygen atoms in total. The van der Waals surface area contributed by atoms with Crippen molar-refractivity contribution in [3.8, 4) is 0 Å². The molecular weight excluding hydrogens is 300 g/mol. The van der Waals surface area contributed by atoms with Crippen LogP contribution in [0.4, 0.5) is 5.82 Å². The molecule has 1 aliphatic rings. The Morgan fingerprint density at radius 1 is 1.50 bits per heavy atom. The Hall–Kier alpha value is -1.05. The second-order valence-corrected chi connectivity index (χ2v) is 7.43. The minimum Gasteiger partial charge on any atom is -0.369 e. The van der Waals surface area contributed by atoms with Crippen molar-refractivity contribution >= 4 is 16.6 Å². The van der Waals surface area contributed by atoms with Gasteiger partial charge in [0.1, 0.15) is 17.7 Å². The summed E-state index contributed by atoms with van der Waals surface area (Å²) in [6, 6.07) is 2.45. The Bertz CT molecular complexity index is 524. The number of hydrogen-bond acceptors (Lipinski definition) is 6. The van der Waals surface area contributed by atoms with Gasteiger partial charge in [0.2, 0.25) is 0 Å². The first-order chi connectivity index (χ1) is 10.5. The quantitative estimate of drug-likeness (QED) is 0.851. The molecule has 0 bridgehead atoms. The highest BCUT2D eigenvalue weighted by molar-refractivity contribution is 7.84. The first-order valence-electron chi connectivity index (χ1n) is 7.71. The van der Waals surface area contributed by atoms with Crippen LogP contribution in [0.5, 0.6) is 0 Å². The standard InChI is InChI=1S/C15H26N4O2S/c1-11(2)19-6-7-21-14(10-19)13-9-15(18-12(3)17-13)16-5-8-22(4)20/h9,11,14H,5-8,10H2,1-4H3,(H,16,17,18)/t14-,22-/m0/s1. The molecule has 2 heterocycles. The minimum atomic E-state index is -0.802. The highest BCUT2D eigenvalue weighted by Gasteiger charge is 2.25. The van der Waals surface area contributed by atoms with Crippen LogP contribution in [0, 0.1) is 6.92 Å². The van der Waals surface area contributed by atoms with Gasteiger partial charge in [-0.3, -0.25) is 9.11 Å². The van der Waals surface area contributed by atoms with Gasteiger partial charge in [-0.2, -0.15) is 0 Å². The van der Waals surface area contributed by atoms with Crippen LogP contribution in [0.15, 0.2) is 6.07 Å². The molecular formula is C15H26N4O2S. The summed E-state index contributed by atoms with van der Waals surface area (Å²) in [5, 5.41) is 3.22. The zero-order chi connectivity index (χ0) is 16.1. The van der Waals surface area contributed by atoms with E-state index in [9.17, 15) is 4.21 Å². The molecule has 1 N–H and O–H groups in total. The maximum absolute atomic E-state index is 11.1. The summed E-state index contributed by atoms with van der Waals surface area (Å²) in [5.74, 6) is 2.11. The molecule has 0 aliphatic carbocycles. The molecule has 2 atom stereocenters. The molecule has 1 aliphatic heterocycles. The number of aryl methyl sites for hydroxylation is 1. The molecule has 0 saturated carbocycles. The molecule has 22 heavy (non-hydrogen) atoms. The van der Waals surface area contributed by atoms with Crippen molar-refractivity contribution in [2.45, 2.75) is 32.9 Å². The van der Waals surface area contributed by atoms with Crippen LogP contribution in [-0.4, -0.2) is 63.4 Å². The topological polar surface area (TPSA) is 67.4 Å². The lowest BCUT2D eigenvalue weighted by Gasteiger charge is -2.35. The van der Waals surface area contributed by atoms with Crippen LogP contribution in [0.25, 0.3) is 0 Å². The molecule has 1 aromatic rings. The van der Waals surface area contributed by atoms with Crippen LogP contribution in [-0.2, 0) is 15.5 Å².